The van der Waals surface area contributed by atoms with Crippen molar-refractivity contribution in [2.24, 2.45) is 0 Å². The molecule has 1 aliphatic rings. The third-order valence-electron chi connectivity index (χ3n) is 6.05. The molecule has 0 atom stereocenters. The van der Waals surface area contributed by atoms with E-state index < -0.39 is 0 Å². The molecule has 5 rings (SSSR count). The largest absolute Gasteiger partial charge is 0.495 e. The van der Waals surface area contributed by atoms with Gasteiger partial charge in [-0.25, -0.2) is 4.98 Å². The minimum absolute atomic E-state index is 0. The Morgan fingerprint density at radius 3 is 2.53 bits per heavy atom. The Kier molecular flexibility index (Phi) is 8.52. The number of morpholine rings is 1. The van der Waals surface area contributed by atoms with Crippen molar-refractivity contribution in [2.45, 2.75) is 6.42 Å². The van der Waals surface area contributed by atoms with E-state index in [2.05, 4.69) is 14.9 Å². The van der Waals surface area contributed by atoms with E-state index in [1.54, 1.807) is 43.6 Å². The molecule has 9 nitrogen and oxygen atoms in total. The molecule has 0 spiro atoms. The molecule has 4 aromatic rings. The molecule has 0 bridgehead atoms. The predicted octanol–water partition coefficient (Wildman–Crippen LogP) is 4.05. The first-order valence-electron chi connectivity index (χ1n) is 11.5. The van der Waals surface area contributed by atoms with Crippen molar-refractivity contribution in [3.63, 3.8) is 0 Å². The van der Waals surface area contributed by atoms with Gasteiger partial charge in [0.1, 0.15) is 21.7 Å². The van der Waals surface area contributed by atoms with E-state index in [1.165, 1.54) is 11.3 Å². The van der Waals surface area contributed by atoms with Crippen molar-refractivity contribution in [1.82, 2.24) is 19.9 Å². The first kappa shape index (κ1) is 26.0. The fraction of sp³-hybridized carbons (Fsp3) is 0.360. The maximum Gasteiger partial charge on any atom is 0.260 e. The van der Waals surface area contributed by atoms with E-state index >= 15 is 0 Å². The Labute approximate surface area is 219 Å². The summed E-state index contributed by atoms with van der Waals surface area (Å²) in [6.45, 7) is 4.73. The molecule has 1 amide bonds. The highest BCUT2D eigenvalue weighted by Gasteiger charge is 2.24. The topological polar surface area (TPSA) is 89.9 Å². The molecule has 3 heterocycles. The molecule has 0 N–H and O–H groups in total. The number of hydrogen-bond donors (Lipinski definition) is 0. The number of rotatable bonds is 8. The number of thiazole rings is 1. The number of anilines is 1. The van der Waals surface area contributed by atoms with Gasteiger partial charge >= 0.3 is 0 Å². The predicted molar refractivity (Wildman–Crippen MR) is 143 cm³/mol. The molecule has 0 unspecified atom stereocenters. The summed E-state index contributed by atoms with van der Waals surface area (Å²) in [7, 11) is 3.24. The van der Waals surface area contributed by atoms with Crippen molar-refractivity contribution >= 4 is 56.0 Å². The van der Waals surface area contributed by atoms with Crippen LogP contribution in [-0.2, 0) is 4.74 Å². The number of fused-ring (bicyclic) bond motifs is 2. The summed E-state index contributed by atoms with van der Waals surface area (Å²) < 4.78 is 17.4. The second kappa shape index (κ2) is 11.8. The van der Waals surface area contributed by atoms with Crippen LogP contribution in [-0.4, -0.2) is 79.4 Å². The molecular formula is C25H28ClN5O4S. The first-order chi connectivity index (χ1) is 17.2. The number of halogens is 1. The summed E-state index contributed by atoms with van der Waals surface area (Å²) in [4.78, 5) is 31.4. The fourth-order valence-corrected chi connectivity index (χ4v) is 5.30. The fourth-order valence-electron chi connectivity index (χ4n) is 4.20. The van der Waals surface area contributed by atoms with Crippen LogP contribution in [0.1, 0.15) is 16.8 Å². The number of methoxy groups -OCH3 is 2. The number of ether oxygens (including phenoxy) is 3. The summed E-state index contributed by atoms with van der Waals surface area (Å²) in [6, 6.07) is 9.09. The first-order valence-corrected chi connectivity index (χ1v) is 12.3. The number of benzene rings is 2. The number of nitrogens with zero attached hydrogens (tertiary/aromatic N) is 5. The quantitative estimate of drug-likeness (QED) is 0.338. The Balaban J connectivity index is 0.00000304. The summed E-state index contributed by atoms with van der Waals surface area (Å²) in [5.41, 5.74) is 2.65. The number of hydrogen-bond acceptors (Lipinski definition) is 9. The zero-order chi connectivity index (χ0) is 24.2. The molecule has 190 valence electrons. The SMILES string of the molecule is COc1ccc(OC)c2sc(N(CCCN3CCOCC3)C(=O)c3ccc4nccnc4c3)nc12.Cl. The van der Waals surface area contributed by atoms with E-state index in [0.717, 1.165) is 49.5 Å². The Morgan fingerprint density at radius 2 is 1.78 bits per heavy atom. The molecule has 11 heteroatoms. The van der Waals surface area contributed by atoms with Crippen LogP contribution in [0, 0.1) is 0 Å². The molecule has 2 aromatic carbocycles. The lowest BCUT2D eigenvalue weighted by molar-refractivity contribution is 0.0376. The molecule has 1 fully saturated rings. The van der Waals surface area contributed by atoms with Crippen molar-refractivity contribution in [3.8, 4) is 11.5 Å². The van der Waals surface area contributed by atoms with Crippen LogP contribution in [0.15, 0.2) is 42.7 Å². The van der Waals surface area contributed by atoms with Crippen LogP contribution < -0.4 is 14.4 Å². The van der Waals surface area contributed by atoms with Gasteiger partial charge in [-0.15, -0.1) is 12.4 Å². The number of amides is 1. The second-order valence-corrected chi connectivity index (χ2v) is 9.15. The minimum Gasteiger partial charge on any atom is -0.495 e. The van der Waals surface area contributed by atoms with Crippen molar-refractivity contribution in [1.29, 1.82) is 0 Å². The average Bonchev–Trinajstić information content (AvgIpc) is 3.35. The minimum atomic E-state index is -0.128. The molecule has 0 radical (unpaired) electrons. The van der Waals surface area contributed by atoms with E-state index in [4.69, 9.17) is 19.2 Å². The van der Waals surface area contributed by atoms with Crippen molar-refractivity contribution < 1.29 is 19.0 Å². The van der Waals surface area contributed by atoms with Gasteiger partial charge in [0.25, 0.3) is 5.91 Å². The van der Waals surface area contributed by atoms with Crippen LogP contribution >= 0.6 is 23.7 Å². The summed E-state index contributed by atoms with van der Waals surface area (Å²) in [6.07, 6.45) is 4.08. The highest BCUT2D eigenvalue weighted by molar-refractivity contribution is 7.22. The van der Waals surface area contributed by atoms with Gasteiger partial charge in [0.2, 0.25) is 0 Å². The van der Waals surface area contributed by atoms with Crippen molar-refractivity contribution in [3.05, 3.63) is 48.3 Å². The third kappa shape index (κ3) is 5.36. The van der Waals surface area contributed by atoms with Gasteiger partial charge in [0.05, 0.1) is 38.5 Å². The van der Waals surface area contributed by atoms with E-state index in [0.29, 0.717) is 39.8 Å². The van der Waals surface area contributed by atoms with Crippen LogP contribution in [0.2, 0.25) is 0 Å². The van der Waals surface area contributed by atoms with Gasteiger partial charge in [-0.1, -0.05) is 11.3 Å². The normalized spacial score (nSPS) is 13.9. The maximum absolute atomic E-state index is 13.8. The average molecular weight is 530 g/mol. The van der Waals surface area contributed by atoms with Gasteiger partial charge in [-0.3, -0.25) is 24.6 Å². The van der Waals surface area contributed by atoms with Gasteiger partial charge in [0, 0.05) is 44.1 Å². The van der Waals surface area contributed by atoms with E-state index in [9.17, 15) is 4.79 Å². The standard InChI is InChI=1S/C25H27N5O4S.ClH/c1-32-20-6-7-21(33-2)23-22(20)28-25(35-23)30(11-3-10-29-12-14-34-15-13-29)24(31)17-4-5-18-19(16-17)27-9-8-26-18;/h4-9,16H,3,10-15H2,1-2H3;1H. The van der Waals surface area contributed by atoms with Gasteiger partial charge in [-0.2, -0.15) is 0 Å². The third-order valence-corrected chi connectivity index (χ3v) is 7.14. The monoisotopic (exact) mass is 529 g/mol. The van der Waals surface area contributed by atoms with Gasteiger partial charge < -0.3 is 14.2 Å². The van der Waals surface area contributed by atoms with E-state index in [-0.39, 0.29) is 18.3 Å². The summed E-state index contributed by atoms with van der Waals surface area (Å²) >= 11 is 1.43. The number of aromatic nitrogens is 3. The highest BCUT2D eigenvalue weighted by atomic mass is 35.5. The smallest absolute Gasteiger partial charge is 0.260 e. The molecule has 0 aliphatic carbocycles. The molecular weight excluding hydrogens is 502 g/mol. The molecule has 1 aliphatic heterocycles. The molecule has 2 aromatic heterocycles. The molecule has 0 saturated carbocycles. The highest BCUT2D eigenvalue weighted by Crippen LogP contribution is 2.40. The molecule has 1 saturated heterocycles. The Hall–Kier alpha value is -3.05. The van der Waals surface area contributed by atoms with Crippen LogP contribution in [0.4, 0.5) is 5.13 Å². The van der Waals surface area contributed by atoms with Crippen LogP contribution in [0.25, 0.3) is 21.3 Å². The van der Waals surface area contributed by atoms with Crippen LogP contribution in [0.3, 0.4) is 0 Å². The van der Waals surface area contributed by atoms with Gasteiger partial charge in [-0.05, 0) is 36.8 Å². The lowest BCUT2D eigenvalue weighted by Crippen LogP contribution is -2.39. The number of carbonyl (C=O) groups excluding carboxylic acids is 1. The molecule has 36 heavy (non-hydrogen) atoms. The van der Waals surface area contributed by atoms with Gasteiger partial charge in [0.15, 0.2) is 5.13 Å². The number of carbonyl (C=O) groups is 1. The van der Waals surface area contributed by atoms with Crippen LogP contribution in [0.5, 0.6) is 11.5 Å². The zero-order valence-corrected chi connectivity index (χ0v) is 21.8. The lowest BCUT2D eigenvalue weighted by atomic mass is 10.1. The lowest BCUT2D eigenvalue weighted by Gasteiger charge is -2.27. The summed E-state index contributed by atoms with van der Waals surface area (Å²) in [5, 5.41) is 0.606. The van der Waals surface area contributed by atoms with E-state index in [1.807, 2.05) is 18.2 Å². The Morgan fingerprint density at radius 1 is 1.06 bits per heavy atom. The van der Waals surface area contributed by atoms with Crippen molar-refractivity contribution in [2.75, 3.05) is 58.5 Å². The second-order valence-electron chi connectivity index (χ2n) is 8.17. The maximum atomic E-state index is 13.8. The zero-order valence-electron chi connectivity index (χ0n) is 20.2. The Bertz CT molecular complexity index is 1300. The summed E-state index contributed by atoms with van der Waals surface area (Å²) in [5.74, 6) is 1.22.